The number of hydrogen-bond donors (Lipinski definition) is 2. The van der Waals surface area contributed by atoms with Gasteiger partial charge in [0.05, 0.1) is 13.2 Å². The van der Waals surface area contributed by atoms with Crippen molar-refractivity contribution < 1.29 is 4.74 Å². The van der Waals surface area contributed by atoms with Crippen LogP contribution in [0.25, 0.3) is 0 Å². The van der Waals surface area contributed by atoms with Crippen LogP contribution in [0.4, 0.5) is 0 Å². The van der Waals surface area contributed by atoms with Crippen LogP contribution in [0.15, 0.2) is 53.8 Å². The first-order valence-corrected chi connectivity index (χ1v) is 9.21. The number of aromatic nitrogens is 2. The zero-order valence-corrected chi connectivity index (χ0v) is 16.1. The predicted molar refractivity (Wildman–Crippen MR) is 106 cm³/mol. The van der Waals surface area contributed by atoms with Gasteiger partial charge in [-0.05, 0) is 23.5 Å². The van der Waals surface area contributed by atoms with Crippen LogP contribution < -0.4 is 10.6 Å². The summed E-state index contributed by atoms with van der Waals surface area (Å²) in [6.07, 6.45) is 3.79. The SMILES string of the molecule is CN=C(NCC(C)COCc1ccccc1)NCC(C)Cn1cccn1. The van der Waals surface area contributed by atoms with E-state index in [1.807, 2.05) is 41.3 Å². The molecule has 2 atom stereocenters. The lowest BCUT2D eigenvalue weighted by Gasteiger charge is -2.18. The predicted octanol–water partition coefficient (Wildman–Crippen LogP) is 2.54. The van der Waals surface area contributed by atoms with Gasteiger partial charge < -0.3 is 15.4 Å². The minimum Gasteiger partial charge on any atom is -0.376 e. The molecule has 0 saturated carbocycles. The molecule has 6 nitrogen and oxygen atoms in total. The van der Waals surface area contributed by atoms with Crippen molar-refractivity contribution >= 4 is 5.96 Å². The third-order valence-electron chi connectivity index (χ3n) is 4.03. The van der Waals surface area contributed by atoms with Gasteiger partial charge in [-0.15, -0.1) is 0 Å². The van der Waals surface area contributed by atoms with E-state index < -0.39 is 0 Å². The van der Waals surface area contributed by atoms with Crippen molar-refractivity contribution in [3.8, 4) is 0 Å². The Kier molecular flexibility index (Phi) is 8.69. The number of rotatable bonds is 10. The highest BCUT2D eigenvalue weighted by molar-refractivity contribution is 5.79. The van der Waals surface area contributed by atoms with E-state index in [-0.39, 0.29) is 0 Å². The molecule has 0 spiro atoms. The fourth-order valence-electron chi connectivity index (χ4n) is 2.57. The Labute approximate surface area is 156 Å². The molecule has 1 aromatic heterocycles. The largest absolute Gasteiger partial charge is 0.376 e. The molecule has 0 aliphatic rings. The maximum absolute atomic E-state index is 5.79. The van der Waals surface area contributed by atoms with E-state index in [2.05, 4.69) is 46.7 Å². The first-order valence-electron chi connectivity index (χ1n) is 9.21. The van der Waals surface area contributed by atoms with Gasteiger partial charge in [-0.25, -0.2) is 0 Å². The minimum atomic E-state index is 0.402. The topological polar surface area (TPSA) is 63.5 Å². The number of ether oxygens (including phenoxy) is 1. The Morgan fingerprint density at radius 2 is 1.85 bits per heavy atom. The van der Waals surface area contributed by atoms with Gasteiger partial charge in [0.25, 0.3) is 0 Å². The maximum atomic E-state index is 5.79. The third kappa shape index (κ3) is 7.70. The second kappa shape index (κ2) is 11.3. The molecule has 142 valence electrons. The van der Waals surface area contributed by atoms with Gasteiger partial charge in [0.2, 0.25) is 0 Å². The van der Waals surface area contributed by atoms with Crippen molar-refractivity contribution in [1.29, 1.82) is 0 Å². The van der Waals surface area contributed by atoms with Gasteiger partial charge in [0.1, 0.15) is 0 Å². The van der Waals surface area contributed by atoms with E-state index in [0.29, 0.717) is 25.0 Å². The zero-order chi connectivity index (χ0) is 18.6. The molecule has 0 radical (unpaired) electrons. The highest BCUT2D eigenvalue weighted by atomic mass is 16.5. The van der Waals surface area contributed by atoms with Crippen molar-refractivity contribution in [2.24, 2.45) is 16.8 Å². The van der Waals surface area contributed by atoms with Crippen LogP contribution in [0.2, 0.25) is 0 Å². The number of benzene rings is 1. The zero-order valence-electron chi connectivity index (χ0n) is 16.1. The molecule has 0 aliphatic heterocycles. The molecule has 6 heteroatoms. The highest BCUT2D eigenvalue weighted by Gasteiger charge is 2.07. The Balaban J connectivity index is 1.59. The number of nitrogens with one attached hydrogen (secondary N) is 2. The van der Waals surface area contributed by atoms with E-state index in [1.165, 1.54) is 5.56 Å². The second-order valence-electron chi connectivity index (χ2n) is 6.77. The average Bonchev–Trinajstić information content (AvgIpc) is 3.15. The smallest absolute Gasteiger partial charge is 0.190 e. The van der Waals surface area contributed by atoms with Gasteiger partial charge in [-0.1, -0.05) is 44.2 Å². The highest BCUT2D eigenvalue weighted by Crippen LogP contribution is 2.03. The van der Waals surface area contributed by atoms with Crippen LogP contribution in [0.5, 0.6) is 0 Å². The van der Waals surface area contributed by atoms with Crippen LogP contribution in [0, 0.1) is 11.8 Å². The summed E-state index contributed by atoms with van der Waals surface area (Å²) in [5.41, 5.74) is 1.20. The van der Waals surface area contributed by atoms with Crippen molar-refractivity contribution in [1.82, 2.24) is 20.4 Å². The lowest BCUT2D eigenvalue weighted by molar-refractivity contribution is 0.0931. The molecular weight excluding hydrogens is 326 g/mol. The van der Waals surface area contributed by atoms with E-state index in [1.54, 1.807) is 7.05 Å². The van der Waals surface area contributed by atoms with Crippen molar-refractivity contribution in [2.75, 3.05) is 26.7 Å². The van der Waals surface area contributed by atoms with E-state index in [4.69, 9.17) is 4.74 Å². The number of guanidine groups is 1. The summed E-state index contributed by atoms with van der Waals surface area (Å²) in [4.78, 5) is 4.29. The minimum absolute atomic E-state index is 0.402. The lowest BCUT2D eigenvalue weighted by Crippen LogP contribution is -2.42. The van der Waals surface area contributed by atoms with Crippen molar-refractivity contribution in [3.05, 3.63) is 54.4 Å². The van der Waals surface area contributed by atoms with Crippen LogP contribution in [0.3, 0.4) is 0 Å². The molecule has 2 rings (SSSR count). The Morgan fingerprint density at radius 1 is 1.12 bits per heavy atom. The van der Waals surface area contributed by atoms with Crippen LogP contribution in [-0.4, -0.2) is 42.5 Å². The molecule has 0 bridgehead atoms. The van der Waals surface area contributed by atoms with Crippen LogP contribution in [-0.2, 0) is 17.9 Å². The molecule has 2 unspecified atom stereocenters. The fourth-order valence-corrected chi connectivity index (χ4v) is 2.57. The number of hydrogen-bond acceptors (Lipinski definition) is 3. The molecule has 0 aliphatic carbocycles. The van der Waals surface area contributed by atoms with Crippen LogP contribution >= 0.6 is 0 Å². The van der Waals surface area contributed by atoms with Gasteiger partial charge >= 0.3 is 0 Å². The molecule has 0 saturated heterocycles. The summed E-state index contributed by atoms with van der Waals surface area (Å²) in [7, 11) is 1.80. The normalized spacial score (nSPS) is 14.0. The fraction of sp³-hybridized carbons (Fsp3) is 0.500. The summed E-state index contributed by atoms with van der Waals surface area (Å²) >= 11 is 0. The van der Waals surface area contributed by atoms with Crippen molar-refractivity contribution in [2.45, 2.75) is 27.0 Å². The molecule has 1 aromatic carbocycles. The second-order valence-corrected chi connectivity index (χ2v) is 6.77. The molecule has 0 amide bonds. The summed E-state index contributed by atoms with van der Waals surface area (Å²) in [6, 6.07) is 12.2. The average molecular weight is 358 g/mol. The number of aliphatic imine (C=N–C) groups is 1. The third-order valence-corrected chi connectivity index (χ3v) is 4.03. The Bertz CT molecular complexity index is 627. The summed E-state index contributed by atoms with van der Waals surface area (Å²) in [5.74, 6) is 1.69. The first-order chi connectivity index (χ1) is 12.7. The molecule has 1 heterocycles. The monoisotopic (exact) mass is 357 g/mol. The molecular formula is C20H31N5O. The van der Waals surface area contributed by atoms with Gasteiger partial charge in [-0.2, -0.15) is 5.10 Å². The standard InChI is InChI=1S/C20H31N5O/c1-17(14-25-11-7-10-24-25)12-22-20(21-3)23-13-18(2)15-26-16-19-8-5-4-6-9-19/h4-11,17-18H,12-16H2,1-3H3,(H2,21,22,23). The first kappa shape index (κ1) is 20.0. The van der Waals surface area contributed by atoms with E-state index in [0.717, 1.165) is 25.6 Å². The summed E-state index contributed by atoms with van der Waals surface area (Å²) < 4.78 is 7.75. The molecule has 2 aromatic rings. The molecule has 26 heavy (non-hydrogen) atoms. The van der Waals surface area contributed by atoms with Crippen molar-refractivity contribution in [3.63, 3.8) is 0 Å². The summed E-state index contributed by atoms with van der Waals surface area (Å²) in [5, 5.41) is 11.0. The molecule has 2 N–H and O–H groups in total. The van der Waals surface area contributed by atoms with E-state index >= 15 is 0 Å². The Hall–Kier alpha value is -2.34. The van der Waals surface area contributed by atoms with E-state index in [9.17, 15) is 0 Å². The quantitative estimate of drug-likeness (QED) is 0.507. The number of nitrogens with zero attached hydrogens (tertiary/aromatic N) is 3. The van der Waals surface area contributed by atoms with Gasteiger partial charge in [0, 0.05) is 39.1 Å². The molecule has 0 fully saturated rings. The van der Waals surface area contributed by atoms with Gasteiger partial charge in [-0.3, -0.25) is 9.67 Å². The van der Waals surface area contributed by atoms with Crippen LogP contribution in [0.1, 0.15) is 19.4 Å². The maximum Gasteiger partial charge on any atom is 0.190 e. The van der Waals surface area contributed by atoms with Gasteiger partial charge in [0.15, 0.2) is 5.96 Å². The Morgan fingerprint density at radius 3 is 2.50 bits per heavy atom. The summed E-state index contributed by atoms with van der Waals surface area (Å²) in [6.45, 7) is 8.30. The lowest BCUT2D eigenvalue weighted by atomic mass is 10.2.